The lowest BCUT2D eigenvalue weighted by Crippen LogP contribution is -2.36. The fraction of sp³-hybridized carbons (Fsp3) is 0.538. The van der Waals surface area contributed by atoms with Gasteiger partial charge in [-0.1, -0.05) is 12.1 Å². The SMILES string of the molecule is CCOc1cccc(C(CN)C2COC2)c1. The van der Waals surface area contributed by atoms with Crippen LogP contribution in [0.5, 0.6) is 5.75 Å². The van der Waals surface area contributed by atoms with Gasteiger partial charge in [0.2, 0.25) is 0 Å². The van der Waals surface area contributed by atoms with Crippen molar-refractivity contribution in [1.82, 2.24) is 0 Å². The molecule has 0 radical (unpaired) electrons. The number of nitrogens with two attached hydrogens (primary N) is 1. The van der Waals surface area contributed by atoms with Crippen molar-refractivity contribution < 1.29 is 9.47 Å². The molecule has 2 rings (SSSR count). The van der Waals surface area contributed by atoms with Crippen molar-refractivity contribution in [3.63, 3.8) is 0 Å². The third kappa shape index (κ3) is 2.36. The molecule has 0 bridgehead atoms. The molecule has 3 nitrogen and oxygen atoms in total. The molecule has 16 heavy (non-hydrogen) atoms. The summed E-state index contributed by atoms with van der Waals surface area (Å²) >= 11 is 0. The maximum atomic E-state index is 5.84. The highest BCUT2D eigenvalue weighted by Crippen LogP contribution is 2.31. The summed E-state index contributed by atoms with van der Waals surface area (Å²) < 4.78 is 10.7. The second kappa shape index (κ2) is 5.32. The molecule has 0 aromatic heterocycles. The predicted molar refractivity (Wildman–Crippen MR) is 63.7 cm³/mol. The summed E-state index contributed by atoms with van der Waals surface area (Å²) in [5.74, 6) is 1.90. The van der Waals surface area contributed by atoms with Gasteiger partial charge < -0.3 is 15.2 Å². The smallest absolute Gasteiger partial charge is 0.119 e. The van der Waals surface area contributed by atoms with Gasteiger partial charge in [0.05, 0.1) is 19.8 Å². The summed E-state index contributed by atoms with van der Waals surface area (Å²) in [5.41, 5.74) is 7.11. The summed E-state index contributed by atoms with van der Waals surface area (Å²) in [6.07, 6.45) is 0. The molecule has 0 aliphatic carbocycles. The van der Waals surface area contributed by atoms with E-state index < -0.39 is 0 Å². The van der Waals surface area contributed by atoms with Crippen LogP contribution < -0.4 is 10.5 Å². The Morgan fingerprint density at radius 1 is 1.50 bits per heavy atom. The number of benzene rings is 1. The average molecular weight is 221 g/mol. The van der Waals surface area contributed by atoms with Gasteiger partial charge >= 0.3 is 0 Å². The highest BCUT2D eigenvalue weighted by molar-refractivity contribution is 5.31. The Kier molecular flexibility index (Phi) is 3.80. The zero-order chi connectivity index (χ0) is 11.4. The first-order valence-corrected chi connectivity index (χ1v) is 5.85. The Bertz CT molecular complexity index is 336. The first-order chi connectivity index (χ1) is 7.85. The van der Waals surface area contributed by atoms with Crippen LogP contribution in [0.15, 0.2) is 24.3 Å². The van der Waals surface area contributed by atoms with E-state index in [2.05, 4.69) is 12.1 Å². The first-order valence-electron chi connectivity index (χ1n) is 5.85. The van der Waals surface area contributed by atoms with E-state index in [1.807, 2.05) is 19.1 Å². The van der Waals surface area contributed by atoms with Gasteiger partial charge in [-0.3, -0.25) is 0 Å². The lowest BCUT2D eigenvalue weighted by Gasteiger charge is -2.33. The monoisotopic (exact) mass is 221 g/mol. The van der Waals surface area contributed by atoms with E-state index in [1.165, 1.54) is 5.56 Å². The molecule has 1 heterocycles. The Labute approximate surface area is 96.5 Å². The molecule has 1 aliphatic heterocycles. The van der Waals surface area contributed by atoms with Crippen LogP contribution in [-0.2, 0) is 4.74 Å². The van der Waals surface area contributed by atoms with Crippen LogP contribution in [0.1, 0.15) is 18.4 Å². The van der Waals surface area contributed by atoms with Gasteiger partial charge in [0, 0.05) is 11.8 Å². The van der Waals surface area contributed by atoms with E-state index in [-0.39, 0.29) is 0 Å². The van der Waals surface area contributed by atoms with Gasteiger partial charge in [-0.2, -0.15) is 0 Å². The minimum atomic E-state index is 0.397. The molecule has 1 aromatic carbocycles. The highest BCUT2D eigenvalue weighted by atomic mass is 16.5. The maximum Gasteiger partial charge on any atom is 0.119 e. The summed E-state index contributed by atoms with van der Waals surface area (Å²) in [6.45, 7) is 5.03. The molecular formula is C13H19NO2. The van der Waals surface area contributed by atoms with Gasteiger partial charge in [0.15, 0.2) is 0 Å². The Morgan fingerprint density at radius 2 is 2.31 bits per heavy atom. The third-order valence-corrected chi connectivity index (χ3v) is 3.08. The molecule has 1 aromatic rings. The van der Waals surface area contributed by atoms with Crippen molar-refractivity contribution in [2.45, 2.75) is 12.8 Å². The average Bonchev–Trinajstić information content (AvgIpc) is 2.24. The van der Waals surface area contributed by atoms with E-state index in [0.717, 1.165) is 19.0 Å². The molecule has 88 valence electrons. The molecule has 3 heteroatoms. The Balaban J connectivity index is 2.13. The van der Waals surface area contributed by atoms with Gasteiger partial charge in [-0.05, 0) is 31.2 Å². The van der Waals surface area contributed by atoms with E-state index in [0.29, 0.717) is 25.0 Å². The lowest BCUT2D eigenvalue weighted by molar-refractivity contribution is -0.0437. The number of hydrogen-bond acceptors (Lipinski definition) is 3. The minimum Gasteiger partial charge on any atom is -0.494 e. The zero-order valence-corrected chi connectivity index (χ0v) is 9.69. The first kappa shape index (κ1) is 11.4. The molecule has 1 aliphatic rings. The summed E-state index contributed by atoms with van der Waals surface area (Å²) in [5, 5.41) is 0. The van der Waals surface area contributed by atoms with Crippen LogP contribution in [0.25, 0.3) is 0 Å². The van der Waals surface area contributed by atoms with Crippen LogP contribution in [-0.4, -0.2) is 26.4 Å². The number of rotatable bonds is 5. The zero-order valence-electron chi connectivity index (χ0n) is 9.69. The van der Waals surface area contributed by atoms with Gasteiger partial charge in [0.25, 0.3) is 0 Å². The predicted octanol–water partition coefficient (Wildman–Crippen LogP) is 1.77. The van der Waals surface area contributed by atoms with E-state index >= 15 is 0 Å². The summed E-state index contributed by atoms with van der Waals surface area (Å²) in [6, 6.07) is 8.23. The summed E-state index contributed by atoms with van der Waals surface area (Å²) in [4.78, 5) is 0. The van der Waals surface area contributed by atoms with Crippen LogP contribution in [0.2, 0.25) is 0 Å². The highest BCUT2D eigenvalue weighted by Gasteiger charge is 2.28. The second-order valence-corrected chi connectivity index (χ2v) is 4.15. The third-order valence-electron chi connectivity index (χ3n) is 3.08. The van der Waals surface area contributed by atoms with Crippen molar-refractivity contribution in [1.29, 1.82) is 0 Å². The molecule has 0 spiro atoms. The molecular weight excluding hydrogens is 202 g/mol. The van der Waals surface area contributed by atoms with Gasteiger partial charge in [-0.15, -0.1) is 0 Å². The van der Waals surface area contributed by atoms with Crippen LogP contribution in [0, 0.1) is 5.92 Å². The molecule has 2 N–H and O–H groups in total. The van der Waals surface area contributed by atoms with Crippen LogP contribution in [0.4, 0.5) is 0 Å². The molecule has 0 amide bonds. The van der Waals surface area contributed by atoms with Crippen molar-refractivity contribution in [3.05, 3.63) is 29.8 Å². The normalized spacial score (nSPS) is 17.9. The topological polar surface area (TPSA) is 44.5 Å². The van der Waals surface area contributed by atoms with Crippen molar-refractivity contribution in [3.8, 4) is 5.75 Å². The number of ether oxygens (including phenoxy) is 2. The summed E-state index contributed by atoms with van der Waals surface area (Å²) in [7, 11) is 0. The fourth-order valence-corrected chi connectivity index (χ4v) is 2.09. The number of hydrogen-bond donors (Lipinski definition) is 1. The molecule has 1 saturated heterocycles. The minimum absolute atomic E-state index is 0.397. The fourth-order valence-electron chi connectivity index (χ4n) is 2.09. The van der Waals surface area contributed by atoms with E-state index in [4.69, 9.17) is 15.2 Å². The lowest BCUT2D eigenvalue weighted by atomic mass is 9.85. The maximum absolute atomic E-state index is 5.84. The Morgan fingerprint density at radius 3 is 2.88 bits per heavy atom. The Hall–Kier alpha value is -1.06. The van der Waals surface area contributed by atoms with Crippen LogP contribution >= 0.6 is 0 Å². The largest absolute Gasteiger partial charge is 0.494 e. The quantitative estimate of drug-likeness (QED) is 0.824. The second-order valence-electron chi connectivity index (χ2n) is 4.15. The molecule has 1 fully saturated rings. The van der Waals surface area contributed by atoms with E-state index in [1.54, 1.807) is 0 Å². The molecule has 1 unspecified atom stereocenters. The van der Waals surface area contributed by atoms with Crippen molar-refractivity contribution in [2.75, 3.05) is 26.4 Å². The standard InChI is InChI=1S/C13H19NO2/c1-2-16-12-5-3-4-10(6-12)13(7-14)11-8-15-9-11/h3-6,11,13H,2,7-9,14H2,1H3. The van der Waals surface area contributed by atoms with E-state index in [9.17, 15) is 0 Å². The van der Waals surface area contributed by atoms with Crippen molar-refractivity contribution in [2.24, 2.45) is 11.7 Å². The van der Waals surface area contributed by atoms with Crippen molar-refractivity contribution >= 4 is 0 Å². The van der Waals surface area contributed by atoms with Gasteiger partial charge in [0.1, 0.15) is 5.75 Å². The molecule has 0 saturated carbocycles. The van der Waals surface area contributed by atoms with Crippen LogP contribution in [0.3, 0.4) is 0 Å². The molecule has 1 atom stereocenters. The van der Waals surface area contributed by atoms with Gasteiger partial charge in [-0.25, -0.2) is 0 Å².